The molecule has 1 aliphatic heterocycles. The molecule has 6 heteroatoms. The number of Topliss-reactive ketones (excluding diaryl/α,β-unsaturated/α-hetero) is 1. The van der Waals surface area contributed by atoms with E-state index in [4.69, 9.17) is 4.74 Å². The SMILES string of the molecule is CCOC(=O)CN1C(=O)C(O)(CC(=O)c2ccc3ccccc3c2)c2ccccc21. The van der Waals surface area contributed by atoms with E-state index in [1.165, 1.54) is 4.90 Å². The number of anilines is 1. The number of hydrogen-bond donors (Lipinski definition) is 1. The van der Waals surface area contributed by atoms with Crippen LogP contribution in [0.1, 0.15) is 29.3 Å². The number of esters is 1. The van der Waals surface area contributed by atoms with Gasteiger partial charge >= 0.3 is 5.97 Å². The maximum Gasteiger partial charge on any atom is 0.326 e. The van der Waals surface area contributed by atoms with Crippen LogP contribution in [0.15, 0.2) is 66.7 Å². The zero-order valence-electron chi connectivity index (χ0n) is 16.5. The highest BCUT2D eigenvalue weighted by molar-refractivity contribution is 6.12. The summed E-state index contributed by atoms with van der Waals surface area (Å²) < 4.78 is 4.95. The third kappa shape index (κ3) is 3.35. The molecule has 1 amide bonds. The van der Waals surface area contributed by atoms with E-state index in [1.807, 2.05) is 30.3 Å². The molecule has 4 rings (SSSR count). The first-order chi connectivity index (χ1) is 14.4. The molecule has 0 radical (unpaired) electrons. The van der Waals surface area contributed by atoms with Crippen molar-refractivity contribution >= 4 is 34.1 Å². The van der Waals surface area contributed by atoms with Gasteiger partial charge in [-0.15, -0.1) is 0 Å². The van der Waals surface area contributed by atoms with Crippen molar-refractivity contribution < 1.29 is 24.2 Å². The molecule has 0 aromatic heterocycles. The van der Waals surface area contributed by atoms with Crippen LogP contribution >= 0.6 is 0 Å². The lowest BCUT2D eigenvalue weighted by Gasteiger charge is -2.22. The summed E-state index contributed by atoms with van der Waals surface area (Å²) in [5, 5.41) is 13.2. The highest BCUT2D eigenvalue weighted by atomic mass is 16.5. The molecule has 0 aliphatic carbocycles. The highest BCUT2D eigenvalue weighted by Gasteiger charge is 2.51. The van der Waals surface area contributed by atoms with Crippen LogP contribution in [0.5, 0.6) is 0 Å². The number of amides is 1. The van der Waals surface area contributed by atoms with Gasteiger partial charge in [0.2, 0.25) is 0 Å². The van der Waals surface area contributed by atoms with Gasteiger partial charge in [0.25, 0.3) is 5.91 Å². The molecule has 30 heavy (non-hydrogen) atoms. The topological polar surface area (TPSA) is 83.9 Å². The minimum Gasteiger partial charge on any atom is -0.465 e. The van der Waals surface area contributed by atoms with Crippen molar-refractivity contribution in [3.05, 3.63) is 77.9 Å². The van der Waals surface area contributed by atoms with E-state index in [0.29, 0.717) is 16.8 Å². The van der Waals surface area contributed by atoms with Crippen LogP contribution in [0.4, 0.5) is 5.69 Å². The summed E-state index contributed by atoms with van der Waals surface area (Å²) >= 11 is 0. The third-order valence-corrected chi connectivity index (χ3v) is 5.32. The van der Waals surface area contributed by atoms with E-state index < -0.39 is 23.9 Å². The van der Waals surface area contributed by atoms with E-state index in [2.05, 4.69) is 0 Å². The molecule has 3 aromatic carbocycles. The zero-order valence-corrected chi connectivity index (χ0v) is 16.5. The first kappa shape index (κ1) is 19.8. The van der Waals surface area contributed by atoms with Crippen molar-refractivity contribution in [1.29, 1.82) is 0 Å². The van der Waals surface area contributed by atoms with Gasteiger partial charge in [0.15, 0.2) is 11.4 Å². The van der Waals surface area contributed by atoms with Crippen LogP contribution in [0.2, 0.25) is 0 Å². The monoisotopic (exact) mass is 403 g/mol. The smallest absolute Gasteiger partial charge is 0.326 e. The van der Waals surface area contributed by atoms with Gasteiger partial charge in [0.05, 0.1) is 18.7 Å². The lowest BCUT2D eigenvalue weighted by atomic mass is 9.88. The first-order valence-corrected chi connectivity index (χ1v) is 9.75. The summed E-state index contributed by atoms with van der Waals surface area (Å²) in [6.45, 7) is 1.54. The minimum absolute atomic E-state index is 0.188. The number of nitrogens with zero attached hydrogens (tertiary/aromatic N) is 1. The van der Waals surface area contributed by atoms with Gasteiger partial charge in [0, 0.05) is 11.1 Å². The Morgan fingerprint density at radius 1 is 1.00 bits per heavy atom. The summed E-state index contributed by atoms with van der Waals surface area (Å²) in [4.78, 5) is 39.3. The Morgan fingerprint density at radius 3 is 2.47 bits per heavy atom. The fraction of sp³-hybridized carbons (Fsp3) is 0.208. The molecule has 1 unspecified atom stereocenters. The largest absolute Gasteiger partial charge is 0.465 e. The minimum atomic E-state index is -2.04. The number of carbonyl (C=O) groups is 3. The van der Waals surface area contributed by atoms with Gasteiger partial charge in [-0.3, -0.25) is 19.3 Å². The molecule has 0 saturated carbocycles. The van der Waals surface area contributed by atoms with Crippen molar-refractivity contribution in [1.82, 2.24) is 0 Å². The van der Waals surface area contributed by atoms with Gasteiger partial charge in [-0.05, 0) is 29.8 Å². The molecule has 1 N–H and O–H groups in total. The van der Waals surface area contributed by atoms with Crippen molar-refractivity contribution in [3.8, 4) is 0 Å². The fourth-order valence-corrected chi connectivity index (χ4v) is 3.87. The fourth-order valence-electron chi connectivity index (χ4n) is 3.87. The predicted molar refractivity (Wildman–Crippen MR) is 112 cm³/mol. The Kier molecular flexibility index (Phi) is 5.10. The number of benzene rings is 3. The van der Waals surface area contributed by atoms with Crippen molar-refractivity contribution in [2.75, 3.05) is 18.1 Å². The summed E-state index contributed by atoms with van der Waals surface area (Å²) in [7, 11) is 0. The molecule has 152 valence electrons. The number of para-hydroxylation sites is 1. The second-order valence-electron chi connectivity index (χ2n) is 7.24. The Labute approximate surface area is 173 Å². The second kappa shape index (κ2) is 7.72. The van der Waals surface area contributed by atoms with Gasteiger partial charge in [0.1, 0.15) is 6.54 Å². The van der Waals surface area contributed by atoms with Gasteiger partial charge in [-0.25, -0.2) is 0 Å². The van der Waals surface area contributed by atoms with E-state index >= 15 is 0 Å². The van der Waals surface area contributed by atoms with E-state index in [-0.39, 0.29) is 18.9 Å². The molecular weight excluding hydrogens is 382 g/mol. The molecule has 0 fully saturated rings. The molecule has 0 spiro atoms. The number of hydrogen-bond acceptors (Lipinski definition) is 5. The number of carbonyl (C=O) groups excluding carboxylic acids is 3. The standard InChI is InChI=1S/C24H21NO5/c1-2-30-22(27)15-25-20-10-6-5-9-19(20)24(29,23(25)28)14-21(26)18-12-11-16-7-3-4-8-17(16)13-18/h3-13,29H,2,14-15H2,1H3. The Bertz CT molecular complexity index is 1160. The highest BCUT2D eigenvalue weighted by Crippen LogP contribution is 2.42. The molecular formula is C24H21NO5. The molecule has 0 saturated heterocycles. The molecule has 1 atom stereocenters. The van der Waals surface area contributed by atoms with Gasteiger partial charge in [-0.1, -0.05) is 54.6 Å². The third-order valence-electron chi connectivity index (χ3n) is 5.32. The number of fused-ring (bicyclic) bond motifs is 2. The summed E-state index contributed by atoms with van der Waals surface area (Å²) in [6, 6.07) is 19.6. The Balaban J connectivity index is 1.66. The van der Waals surface area contributed by atoms with E-state index in [9.17, 15) is 19.5 Å². The Morgan fingerprint density at radius 2 is 1.70 bits per heavy atom. The molecule has 6 nitrogen and oxygen atoms in total. The Hall–Kier alpha value is -3.51. The van der Waals surface area contributed by atoms with Crippen LogP contribution in [0.25, 0.3) is 10.8 Å². The van der Waals surface area contributed by atoms with Crippen LogP contribution < -0.4 is 4.90 Å². The van der Waals surface area contributed by atoms with Crippen LogP contribution in [0, 0.1) is 0 Å². The molecule has 3 aromatic rings. The predicted octanol–water partition coefficient (Wildman–Crippen LogP) is 3.21. The quantitative estimate of drug-likeness (QED) is 0.505. The van der Waals surface area contributed by atoms with Gasteiger partial charge < -0.3 is 9.84 Å². The lowest BCUT2D eigenvalue weighted by Crippen LogP contribution is -2.44. The average Bonchev–Trinajstić information content (AvgIpc) is 2.95. The first-order valence-electron chi connectivity index (χ1n) is 9.75. The summed E-state index contributed by atoms with van der Waals surface area (Å²) in [6.07, 6.45) is -0.416. The normalized spacial score (nSPS) is 17.8. The summed E-state index contributed by atoms with van der Waals surface area (Å²) in [5.41, 5.74) is -0.903. The number of ketones is 1. The summed E-state index contributed by atoms with van der Waals surface area (Å²) in [5.74, 6) is -1.64. The maximum atomic E-state index is 13.1. The number of ether oxygens (including phenoxy) is 1. The average molecular weight is 403 g/mol. The molecule has 0 bridgehead atoms. The van der Waals surface area contributed by atoms with Crippen molar-refractivity contribution in [3.63, 3.8) is 0 Å². The zero-order chi connectivity index (χ0) is 21.3. The lowest BCUT2D eigenvalue weighted by molar-refractivity contribution is -0.144. The van der Waals surface area contributed by atoms with E-state index in [0.717, 1.165) is 10.8 Å². The van der Waals surface area contributed by atoms with Crippen LogP contribution in [-0.2, 0) is 19.9 Å². The van der Waals surface area contributed by atoms with E-state index in [1.54, 1.807) is 43.3 Å². The number of aliphatic hydroxyl groups is 1. The van der Waals surface area contributed by atoms with Gasteiger partial charge in [-0.2, -0.15) is 0 Å². The van der Waals surface area contributed by atoms with Crippen LogP contribution in [0.3, 0.4) is 0 Å². The van der Waals surface area contributed by atoms with Crippen molar-refractivity contribution in [2.45, 2.75) is 18.9 Å². The molecule has 1 aliphatic rings. The van der Waals surface area contributed by atoms with Crippen LogP contribution in [-0.4, -0.2) is 35.9 Å². The number of rotatable bonds is 6. The maximum absolute atomic E-state index is 13.1. The molecule has 1 heterocycles. The second-order valence-corrected chi connectivity index (χ2v) is 7.24. The van der Waals surface area contributed by atoms with Crippen molar-refractivity contribution in [2.24, 2.45) is 0 Å².